The predicted octanol–water partition coefficient (Wildman–Crippen LogP) is 3.02. The Labute approximate surface area is 126 Å². The molecule has 108 valence electrons. The van der Waals surface area contributed by atoms with Crippen LogP contribution in [0.15, 0.2) is 42.6 Å². The molecule has 0 radical (unpaired) electrons. The molecule has 0 saturated carbocycles. The number of nitrogens with zero attached hydrogens (tertiary/aromatic N) is 3. The lowest BCUT2D eigenvalue weighted by atomic mass is 10.1. The molecule has 21 heavy (non-hydrogen) atoms. The molecule has 1 aromatic carbocycles. The molecule has 4 heteroatoms. The maximum Gasteiger partial charge on any atom is 0.127 e. The van der Waals surface area contributed by atoms with Gasteiger partial charge in [-0.3, -0.25) is 0 Å². The van der Waals surface area contributed by atoms with Gasteiger partial charge in [0.15, 0.2) is 0 Å². The first-order valence-electron chi connectivity index (χ1n) is 7.07. The molecule has 4 nitrogen and oxygen atoms in total. The molecule has 0 spiro atoms. The largest absolute Gasteiger partial charge is 0.366 e. The fraction of sp³-hybridized carbons (Fsp3) is 0.294. The van der Waals surface area contributed by atoms with Gasteiger partial charge in [0.2, 0.25) is 0 Å². The molecule has 1 heterocycles. The van der Waals surface area contributed by atoms with E-state index in [0.717, 1.165) is 18.9 Å². The highest BCUT2D eigenvalue weighted by Gasteiger charge is 2.01. The lowest BCUT2D eigenvalue weighted by Gasteiger charge is -2.14. The monoisotopic (exact) mass is 280 g/mol. The number of aromatic nitrogens is 1. The van der Waals surface area contributed by atoms with Crippen LogP contribution < -0.4 is 5.32 Å². The highest BCUT2D eigenvalue weighted by atomic mass is 15.1. The minimum absolute atomic E-state index is 0.617. The quantitative estimate of drug-likeness (QED) is 0.883. The lowest BCUT2D eigenvalue weighted by molar-refractivity contribution is 0.345. The van der Waals surface area contributed by atoms with Gasteiger partial charge in [-0.25, -0.2) is 4.98 Å². The zero-order valence-corrected chi connectivity index (χ0v) is 12.5. The summed E-state index contributed by atoms with van der Waals surface area (Å²) in [6.45, 7) is 4.84. The zero-order chi connectivity index (χ0) is 15.1. The fourth-order valence-electron chi connectivity index (χ4n) is 2.05. The van der Waals surface area contributed by atoms with Gasteiger partial charge in [0.05, 0.1) is 11.6 Å². The summed E-state index contributed by atoms with van der Waals surface area (Å²) >= 11 is 0. The maximum atomic E-state index is 8.88. The van der Waals surface area contributed by atoms with Crippen LogP contribution in [0.25, 0.3) is 0 Å². The van der Waals surface area contributed by atoms with Gasteiger partial charge < -0.3 is 10.2 Å². The maximum absolute atomic E-state index is 8.88. The van der Waals surface area contributed by atoms with E-state index in [-0.39, 0.29) is 0 Å². The molecule has 0 saturated heterocycles. The SMILES string of the molecule is CCN(C)Cc1cccc(CNc2cc(C#N)ccn2)c1. The van der Waals surface area contributed by atoms with E-state index in [4.69, 9.17) is 5.26 Å². The van der Waals surface area contributed by atoms with E-state index in [1.54, 1.807) is 18.3 Å². The molecule has 2 rings (SSSR count). The number of nitriles is 1. The molecule has 0 atom stereocenters. The van der Waals surface area contributed by atoms with Crippen LogP contribution in [0.1, 0.15) is 23.6 Å². The van der Waals surface area contributed by atoms with Gasteiger partial charge in [-0.1, -0.05) is 31.2 Å². The van der Waals surface area contributed by atoms with E-state index in [1.807, 2.05) is 0 Å². The second kappa shape index (κ2) is 7.41. The van der Waals surface area contributed by atoms with Gasteiger partial charge in [0.1, 0.15) is 5.82 Å². The van der Waals surface area contributed by atoms with E-state index < -0.39 is 0 Å². The molecule has 1 N–H and O–H groups in total. The van der Waals surface area contributed by atoms with Gasteiger partial charge in [-0.05, 0) is 36.9 Å². The van der Waals surface area contributed by atoms with Crippen molar-refractivity contribution in [3.63, 3.8) is 0 Å². The third-order valence-electron chi connectivity index (χ3n) is 3.35. The smallest absolute Gasteiger partial charge is 0.127 e. The number of pyridine rings is 1. The Morgan fingerprint density at radius 2 is 2.05 bits per heavy atom. The molecule has 2 aromatic rings. The number of benzene rings is 1. The molecular weight excluding hydrogens is 260 g/mol. The Bertz CT molecular complexity index is 631. The number of anilines is 1. The van der Waals surface area contributed by atoms with E-state index in [1.165, 1.54) is 11.1 Å². The summed E-state index contributed by atoms with van der Waals surface area (Å²) in [6.07, 6.45) is 1.65. The predicted molar refractivity (Wildman–Crippen MR) is 84.7 cm³/mol. The van der Waals surface area contributed by atoms with Gasteiger partial charge >= 0.3 is 0 Å². The molecular formula is C17H20N4. The van der Waals surface area contributed by atoms with Crippen molar-refractivity contribution in [2.24, 2.45) is 0 Å². The topological polar surface area (TPSA) is 52.0 Å². The van der Waals surface area contributed by atoms with Crippen molar-refractivity contribution in [1.29, 1.82) is 5.26 Å². The molecule has 0 amide bonds. The van der Waals surface area contributed by atoms with Crippen molar-refractivity contribution < 1.29 is 0 Å². The van der Waals surface area contributed by atoms with Gasteiger partial charge in [-0.2, -0.15) is 5.26 Å². The third-order valence-corrected chi connectivity index (χ3v) is 3.35. The first-order chi connectivity index (χ1) is 10.2. The summed E-state index contributed by atoms with van der Waals surface area (Å²) < 4.78 is 0. The summed E-state index contributed by atoms with van der Waals surface area (Å²) in [4.78, 5) is 6.48. The highest BCUT2D eigenvalue weighted by molar-refractivity contribution is 5.43. The standard InChI is InChI=1S/C17H20N4/c1-3-21(2)13-16-6-4-5-15(9-16)12-20-17-10-14(11-18)7-8-19-17/h4-10H,3,12-13H2,1-2H3,(H,19,20). The lowest BCUT2D eigenvalue weighted by Crippen LogP contribution is -2.16. The van der Waals surface area contributed by atoms with E-state index in [0.29, 0.717) is 12.1 Å². The number of rotatable bonds is 6. The third kappa shape index (κ3) is 4.59. The van der Waals surface area contributed by atoms with Crippen LogP contribution in [0.4, 0.5) is 5.82 Å². The van der Waals surface area contributed by atoms with Crippen molar-refractivity contribution in [2.75, 3.05) is 18.9 Å². The van der Waals surface area contributed by atoms with Crippen molar-refractivity contribution >= 4 is 5.82 Å². The first-order valence-corrected chi connectivity index (χ1v) is 7.07. The number of nitrogens with one attached hydrogen (secondary N) is 1. The average Bonchev–Trinajstić information content (AvgIpc) is 2.53. The fourth-order valence-corrected chi connectivity index (χ4v) is 2.05. The Kier molecular flexibility index (Phi) is 5.30. The zero-order valence-electron chi connectivity index (χ0n) is 12.5. The van der Waals surface area contributed by atoms with Crippen LogP contribution in [0.3, 0.4) is 0 Å². The second-order valence-corrected chi connectivity index (χ2v) is 5.05. The van der Waals surface area contributed by atoms with Crippen LogP contribution in [-0.2, 0) is 13.1 Å². The van der Waals surface area contributed by atoms with Crippen LogP contribution in [0, 0.1) is 11.3 Å². The van der Waals surface area contributed by atoms with Crippen LogP contribution in [0.5, 0.6) is 0 Å². The normalized spacial score (nSPS) is 10.4. The summed E-state index contributed by atoms with van der Waals surface area (Å²) in [6, 6.07) is 14.1. The van der Waals surface area contributed by atoms with Gasteiger partial charge in [0, 0.05) is 19.3 Å². The molecule has 0 unspecified atom stereocenters. The minimum Gasteiger partial charge on any atom is -0.366 e. The summed E-state index contributed by atoms with van der Waals surface area (Å²) in [7, 11) is 2.11. The Morgan fingerprint density at radius 3 is 2.81 bits per heavy atom. The molecule has 0 aliphatic rings. The molecule has 0 fully saturated rings. The van der Waals surface area contributed by atoms with E-state index in [9.17, 15) is 0 Å². The molecule has 0 bridgehead atoms. The van der Waals surface area contributed by atoms with Gasteiger partial charge in [0.25, 0.3) is 0 Å². The van der Waals surface area contributed by atoms with Gasteiger partial charge in [-0.15, -0.1) is 0 Å². The minimum atomic E-state index is 0.617. The van der Waals surface area contributed by atoms with E-state index in [2.05, 4.69) is 59.5 Å². The number of hydrogen-bond acceptors (Lipinski definition) is 4. The van der Waals surface area contributed by atoms with Crippen LogP contribution in [0.2, 0.25) is 0 Å². The molecule has 0 aliphatic heterocycles. The van der Waals surface area contributed by atoms with Crippen molar-refractivity contribution in [1.82, 2.24) is 9.88 Å². The summed E-state index contributed by atoms with van der Waals surface area (Å²) in [5.74, 6) is 0.727. The first kappa shape index (κ1) is 15.0. The average molecular weight is 280 g/mol. The summed E-state index contributed by atoms with van der Waals surface area (Å²) in [5.41, 5.74) is 3.13. The molecule has 0 aliphatic carbocycles. The molecule has 1 aromatic heterocycles. The van der Waals surface area contributed by atoms with E-state index >= 15 is 0 Å². The highest BCUT2D eigenvalue weighted by Crippen LogP contribution is 2.11. The van der Waals surface area contributed by atoms with Crippen molar-refractivity contribution in [3.8, 4) is 6.07 Å². The number of hydrogen-bond donors (Lipinski definition) is 1. The van der Waals surface area contributed by atoms with Crippen LogP contribution >= 0.6 is 0 Å². The second-order valence-electron chi connectivity index (χ2n) is 5.05. The van der Waals surface area contributed by atoms with Crippen molar-refractivity contribution in [2.45, 2.75) is 20.0 Å². The Morgan fingerprint density at radius 1 is 1.24 bits per heavy atom. The summed E-state index contributed by atoms with van der Waals surface area (Å²) in [5, 5.41) is 12.1. The Balaban J connectivity index is 1.99. The Hall–Kier alpha value is -2.38. The van der Waals surface area contributed by atoms with Crippen LogP contribution in [-0.4, -0.2) is 23.5 Å². The van der Waals surface area contributed by atoms with Crippen molar-refractivity contribution in [3.05, 3.63) is 59.3 Å².